The lowest BCUT2D eigenvalue weighted by atomic mass is 9.78. The van der Waals surface area contributed by atoms with Crippen molar-refractivity contribution in [3.63, 3.8) is 0 Å². The zero-order chi connectivity index (χ0) is 12.8. The molecule has 0 radical (unpaired) electrons. The monoisotopic (exact) mass is 258 g/mol. The number of hydrogen-bond donors (Lipinski definition) is 2. The summed E-state index contributed by atoms with van der Waals surface area (Å²) in [6.45, 7) is 1.00. The summed E-state index contributed by atoms with van der Waals surface area (Å²) in [6.07, 6.45) is 11.4. The van der Waals surface area contributed by atoms with Crippen LogP contribution in [0.1, 0.15) is 25.3 Å². The molecular formula is C14H18N4O. The van der Waals surface area contributed by atoms with Gasteiger partial charge in [0.1, 0.15) is 0 Å². The Labute approximate surface area is 112 Å². The van der Waals surface area contributed by atoms with Crippen LogP contribution in [0, 0.1) is 11.8 Å². The van der Waals surface area contributed by atoms with Crippen LogP contribution in [-0.2, 0) is 4.79 Å². The molecule has 5 rings (SSSR count). The first-order valence-electron chi connectivity index (χ1n) is 7.06. The fourth-order valence-corrected chi connectivity index (χ4v) is 3.14. The summed E-state index contributed by atoms with van der Waals surface area (Å²) in [5.41, 5.74) is 0. The first-order chi connectivity index (χ1) is 9.31. The van der Waals surface area contributed by atoms with E-state index < -0.39 is 0 Å². The van der Waals surface area contributed by atoms with Gasteiger partial charge in [-0.1, -0.05) is 12.2 Å². The Morgan fingerprint density at radius 1 is 1.42 bits per heavy atom. The SMILES string of the molecule is O=C(Nc1nccn1C1CC1)C1CC2C=CC1NC2. The fourth-order valence-electron chi connectivity index (χ4n) is 3.14. The van der Waals surface area contributed by atoms with Crippen molar-refractivity contribution in [3.05, 3.63) is 24.5 Å². The van der Waals surface area contributed by atoms with E-state index in [1.54, 1.807) is 6.20 Å². The molecule has 0 aromatic carbocycles. The van der Waals surface area contributed by atoms with Gasteiger partial charge < -0.3 is 9.88 Å². The Morgan fingerprint density at radius 3 is 2.95 bits per heavy atom. The van der Waals surface area contributed by atoms with Crippen molar-refractivity contribution < 1.29 is 4.79 Å². The molecule has 5 nitrogen and oxygen atoms in total. The number of anilines is 1. The molecule has 1 aromatic rings. The van der Waals surface area contributed by atoms with Gasteiger partial charge in [-0.3, -0.25) is 10.1 Å². The number of aromatic nitrogens is 2. The van der Waals surface area contributed by atoms with Crippen molar-refractivity contribution in [2.75, 3.05) is 11.9 Å². The summed E-state index contributed by atoms with van der Waals surface area (Å²) in [5, 5.41) is 6.41. The predicted molar refractivity (Wildman–Crippen MR) is 71.7 cm³/mol. The maximum Gasteiger partial charge on any atom is 0.231 e. The zero-order valence-corrected chi connectivity index (χ0v) is 10.7. The third-order valence-corrected chi connectivity index (χ3v) is 4.38. The molecule has 3 heterocycles. The van der Waals surface area contributed by atoms with E-state index in [0.717, 1.165) is 13.0 Å². The van der Waals surface area contributed by atoms with Gasteiger partial charge in [0.05, 0.1) is 5.92 Å². The number of rotatable bonds is 3. The fraction of sp³-hybridized carbons (Fsp3) is 0.571. The Kier molecular flexibility index (Phi) is 2.48. The first kappa shape index (κ1) is 11.2. The first-order valence-corrected chi connectivity index (χ1v) is 7.06. The van der Waals surface area contributed by atoms with Gasteiger partial charge in [0.25, 0.3) is 0 Å². The van der Waals surface area contributed by atoms with Crippen molar-refractivity contribution in [2.45, 2.75) is 31.3 Å². The smallest absolute Gasteiger partial charge is 0.231 e. The van der Waals surface area contributed by atoms with Crippen LogP contribution in [0.25, 0.3) is 0 Å². The number of piperidine rings is 1. The molecule has 1 saturated heterocycles. The van der Waals surface area contributed by atoms with E-state index in [2.05, 4.69) is 32.3 Å². The maximum absolute atomic E-state index is 12.4. The number of nitrogens with one attached hydrogen (secondary N) is 2. The Hall–Kier alpha value is -1.62. The molecule has 2 aliphatic carbocycles. The lowest BCUT2D eigenvalue weighted by Gasteiger charge is -2.37. The summed E-state index contributed by atoms with van der Waals surface area (Å²) >= 11 is 0. The van der Waals surface area contributed by atoms with Gasteiger partial charge in [-0.25, -0.2) is 4.98 Å². The minimum atomic E-state index is 0.0353. The minimum absolute atomic E-state index is 0.0353. The van der Waals surface area contributed by atoms with Gasteiger partial charge in [-0.15, -0.1) is 0 Å². The average Bonchev–Trinajstić information content (AvgIpc) is 3.20. The molecule has 3 unspecified atom stereocenters. The Bertz CT molecular complexity index is 531. The number of imidazole rings is 1. The Morgan fingerprint density at radius 2 is 2.32 bits per heavy atom. The molecule has 1 saturated carbocycles. The highest BCUT2D eigenvalue weighted by molar-refractivity contribution is 5.92. The van der Waals surface area contributed by atoms with E-state index in [-0.39, 0.29) is 17.9 Å². The highest BCUT2D eigenvalue weighted by Gasteiger charge is 2.36. The van der Waals surface area contributed by atoms with Gasteiger partial charge >= 0.3 is 0 Å². The lowest BCUT2D eigenvalue weighted by molar-refractivity contribution is -0.121. The van der Waals surface area contributed by atoms with Crippen LogP contribution in [0.2, 0.25) is 0 Å². The van der Waals surface area contributed by atoms with Crippen LogP contribution in [0.4, 0.5) is 5.95 Å². The second kappa shape index (κ2) is 4.20. The third-order valence-electron chi connectivity index (χ3n) is 4.38. The molecule has 19 heavy (non-hydrogen) atoms. The molecule has 1 amide bonds. The number of carbonyl (C=O) groups excluding carboxylic acids is 1. The largest absolute Gasteiger partial charge is 0.314 e. The summed E-state index contributed by atoms with van der Waals surface area (Å²) in [5.74, 6) is 1.34. The quantitative estimate of drug-likeness (QED) is 0.804. The standard InChI is InChI=1S/C14H18N4O/c19-13(11-7-9-1-4-12(11)16-8-9)17-14-15-5-6-18(14)10-2-3-10/h1,4-6,9-12,16H,2-3,7-8H2,(H,15,17,19). The van der Waals surface area contributed by atoms with E-state index in [4.69, 9.17) is 0 Å². The molecule has 3 atom stereocenters. The van der Waals surface area contributed by atoms with Crippen molar-refractivity contribution in [2.24, 2.45) is 11.8 Å². The summed E-state index contributed by atoms with van der Waals surface area (Å²) in [4.78, 5) is 16.7. The molecule has 4 aliphatic rings. The lowest BCUT2D eigenvalue weighted by Crippen LogP contribution is -2.51. The molecule has 1 aromatic heterocycles. The number of carbonyl (C=O) groups is 1. The van der Waals surface area contributed by atoms with Gasteiger partial charge in [0.15, 0.2) is 0 Å². The van der Waals surface area contributed by atoms with Gasteiger partial charge in [-0.2, -0.15) is 0 Å². The molecule has 2 fully saturated rings. The molecule has 2 N–H and O–H groups in total. The van der Waals surface area contributed by atoms with E-state index in [0.29, 0.717) is 17.9 Å². The van der Waals surface area contributed by atoms with Crippen LogP contribution < -0.4 is 10.6 Å². The van der Waals surface area contributed by atoms with Crippen LogP contribution >= 0.6 is 0 Å². The van der Waals surface area contributed by atoms with Gasteiger partial charge in [0, 0.05) is 31.0 Å². The van der Waals surface area contributed by atoms with Gasteiger partial charge in [0.2, 0.25) is 11.9 Å². The number of fused-ring (bicyclic) bond motifs is 2. The molecule has 100 valence electrons. The Balaban J connectivity index is 1.49. The van der Waals surface area contributed by atoms with E-state index in [1.165, 1.54) is 12.8 Å². The van der Waals surface area contributed by atoms with E-state index >= 15 is 0 Å². The van der Waals surface area contributed by atoms with E-state index in [9.17, 15) is 4.79 Å². The predicted octanol–water partition coefficient (Wildman–Crippen LogP) is 1.32. The number of nitrogens with zero attached hydrogens (tertiary/aromatic N) is 2. The molecule has 0 spiro atoms. The van der Waals surface area contributed by atoms with Crippen molar-refractivity contribution in [1.82, 2.24) is 14.9 Å². The van der Waals surface area contributed by atoms with Crippen molar-refractivity contribution in [1.29, 1.82) is 0 Å². The summed E-state index contributed by atoms with van der Waals surface area (Å²) < 4.78 is 2.09. The van der Waals surface area contributed by atoms with Crippen LogP contribution in [0.3, 0.4) is 0 Å². The topological polar surface area (TPSA) is 59.0 Å². The van der Waals surface area contributed by atoms with Gasteiger partial charge in [-0.05, 0) is 25.2 Å². The molecular weight excluding hydrogens is 240 g/mol. The molecule has 2 aliphatic heterocycles. The van der Waals surface area contributed by atoms with Crippen LogP contribution in [-0.4, -0.2) is 28.0 Å². The second-order valence-electron chi connectivity index (χ2n) is 5.80. The van der Waals surface area contributed by atoms with E-state index in [1.807, 2.05) is 6.20 Å². The van der Waals surface area contributed by atoms with Crippen molar-refractivity contribution in [3.8, 4) is 0 Å². The maximum atomic E-state index is 12.4. The van der Waals surface area contributed by atoms with Crippen LogP contribution in [0.15, 0.2) is 24.5 Å². The third kappa shape index (κ3) is 1.98. The average molecular weight is 258 g/mol. The number of amides is 1. The highest BCUT2D eigenvalue weighted by atomic mass is 16.2. The van der Waals surface area contributed by atoms with Crippen LogP contribution in [0.5, 0.6) is 0 Å². The normalized spacial score (nSPS) is 32.5. The highest BCUT2D eigenvalue weighted by Crippen LogP contribution is 2.37. The zero-order valence-electron chi connectivity index (χ0n) is 10.7. The molecule has 5 heteroatoms. The summed E-state index contributed by atoms with van der Waals surface area (Å²) in [7, 11) is 0. The summed E-state index contributed by atoms with van der Waals surface area (Å²) in [6, 6.07) is 0.730. The minimum Gasteiger partial charge on any atom is -0.314 e. The number of hydrogen-bond acceptors (Lipinski definition) is 3. The van der Waals surface area contributed by atoms with Crippen molar-refractivity contribution >= 4 is 11.9 Å². The molecule has 2 bridgehead atoms. The second-order valence-corrected chi connectivity index (χ2v) is 5.80.